The number of benzene rings is 1. The van der Waals surface area contributed by atoms with E-state index in [2.05, 4.69) is 4.98 Å². The fourth-order valence-corrected chi connectivity index (χ4v) is 1.45. The molecule has 2 rings (SSSR count). The molecule has 0 bridgehead atoms. The second-order valence-electron chi connectivity index (χ2n) is 3.30. The fraction of sp³-hybridized carbons (Fsp3) is 0.0833. The van der Waals surface area contributed by atoms with Gasteiger partial charge in [0.15, 0.2) is 10.9 Å². The van der Waals surface area contributed by atoms with Crippen molar-refractivity contribution in [2.24, 2.45) is 0 Å². The zero-order valence-corrected chi connectivity index (χ0v) is 9.33. The van der Waals surface area contributed by atoms with Gasteiger partial charge in [-0.1, -0.05) is 11.6 Å². The van der Waals surface area contributed by atoms with Gasteiger partial charge in [0, 0.05) is 5.69 Å². The van der Waals surface area contributed by atoms with E-state index in [1.165, 1.54) is 24.3 Å². The summed E-state index contributed by atoms with van der Waals surface area (Å²) in [5.41, 5.74) is 0.816. The predicted octanol–water partition coefficient (Wildman–Crippen LogP) is 3.97. The van der Waals surface area contributed by atoms with Crippen molar-refractivity contribution in [1.29, 1.82) is 0 Å². The summed E-state index contributed by atoms with van der Waals surface area (Å²) in [4.78, 5) is 4.05. The van der Waals surface area contributed by atoms with Crippen LogP contribution < -0.4 is 4.74 Å². The fourth-order valence-electron chi connectivity index (χ4n) is 1.22. The molecular weight excluding hydrogens is 229 g/mol. The van der Waals surface area contributed by atoms with Crippen molar-refractivity contribution < 1.29 is 9.13 Å². The molecule has 1 heterocycles. The summed E-state index contributed by atoms with van der Waals surface area (Å²) in [6.07, 6.45) is 0. The third-order valence-electron chi connectivity index (χ3n) is 2.00. The Morgan fingerprint density at radius 1 is 1.12 bits per heavy atom. The molecule has 16 heavy (non-hydrogen) atoms. The highest BCUT2D eigenvalue weighted by atomic mass is 35.5. The minimum absolute atomic E-state index is 0.296. The Morgan fingerprint density at radius 3 is 2.44 bits per heavy atom. The van der Waals surface area contributed by atoms with Crippen LogP contribution in [-0.2, 0) is 0 Å². The number of hydrogen-bond donors (Lipinski definition) is 0. The molecule has 1 aromatic carbocycles. The Hall–Kier alpha value is -1.61. The van der Waals surface area contributed by atoms with E-state index in [4.69, 9.17) is 16.3 Å². The first-order valence-electron chi connectivity index (χ1n) is 4.72. The molecule has 0 aliphatic carbocycles. The molecule has 0 aliphatic heterocycles. The van der Waals surface area contributed by atoms with Gasteiger partial charge >= 0.3 is 0 Å². The van der Waals surface area contributed by atoms with E-state index < -0.39 is 0 Å². The van der Waals surface area contributed by atoms with E-state index in [0.29, 0.717) is 16.7 Å². The molecule has 2 nitrogen and oxygen atoms in total. The van der Waals surface area contributed by atoms with Gasteiger partial charge in [0.2, 0.25) is 0 Å². The monoisotopic (exact) mass is 237 g/mol. The van der Waals surface area contributed by atoms with Crippen LogP contribution in [-0.4, -0.2) is 4.98 Å². The van der Waals surface area contributed by atoms with Crippen molar-refractivity contribution >= 4 is 11.6 Å². The van der Waals surface area contributed by atoms with E-state index in [9.17, 15) is 4.39 Å². The first-order chi connectivity index (χ1) is 7.65. The number of halogens is 2. The van der Waals surface area contributed by atoms with Crippen molar-refractivity contribution in [3.8, 4) is 11.5 Å². The summed E-state index contributed by atoms with van der Waals surface area (Å²) in [5.74, 6) is 0.674. The maximum atomic E-state index is 12.7. The lowest BCUT2D eigenvalue weighted by atomic mass is 10.3. The zero-order valence-electron chi connectivity index (χ0n) is 8.58. The van der Waals surface area contributed by atoms with Crippen LogP contribution >= 0.6 is 11.6 Å². The number of pyridine rings is 1. The highest BCUT2D eigenvalue weighted by molar-refractivity contribution is 6.30. The molecule has 0 N–H and O–H groups in total. The minimum Gasteiger partial charge on any atom is -0.454 e. The maximum absolute atomic E-state index is 12.7. The standard InChI is InChI=1S/C12H9ClFNO/c1-8-2-7-11(12(13)15-8)16-10-5-3-9(14)4-6-10/h2-7H,1H3. The van der Waals surface area contributed by atoms with Crippen LogP contribution in [0.3, 0.4) is 0 Å². The molecule has 1 aromatic heterocycles. The highest BCUT2D eigenvalue weighted by Crippen LogP contribution is 2.27. The molecule has 0 aliphatic rings. The molecule has 0 spiro atoms. The maximum Gasteiger partial charge on any atom is 0.171 e. The largest absolute Gasteiger partial charge is 0.454 e. The van der Waals surface area contributed by atoms with Crippen molar-refractivity contribution in [2.75, 3.05) is 0 Å². The SMILES string of the molecule is Cc1ccc(Oc2ccc(F)cc2)c(Cl)n1. The predicted molar refractivity (Wildman–Crippen MR) is 60.5 cm³/mol. The second kappa shape index (κ2) is 4.49. The first kappa shape index (κ1) is 10.9. The Labute approximate surface area is 97.7 Å². The normalized spacial score (nSPS) is 10.2. The molecule has 0 fully saturated rings. The van der Waals surface area contributed by atoms with Gasteiger partial charge in [0.1, 0.15) is 11.6 Å². The summed E-state index contributed by atoms with van der Waals surface area (Å²) in [6, 6.07) is 9.24. The molecule has 2 aromatic rings. The van der Waals surface area contributed by atoms with Crippen LogP contribution in [0.5, 0.6) is 11.5 Å². The summed E-state index contributed by atoms with van der Waals surface area (Å²) in [5, 5.41) is 0.296. The quantitative estimate of drug-likeness (QED) is 0.738. The van der Waals surface area contributed by atoms with E-state index in [0.717, 1.165) is 5.69 Å². The van der Waals surface area contributed by atoms with Crippen molar-refractivity contribution in [2.45, 2.75) is 6.92 Å². The van der Waals surface area contributed by atoms with Crippen molar-refractivity contribution in [3.05, 3.63) is 53.1 Å². The molecule has 0 atom stereocenters. The third-order valence-corrected chi connectivity index (χ3v) is 2.27. The number of rotatable bonds is 2. The Bertz CT molecular complexity index is 499. The van der Waals surface area contributed by atoms with Gasteiger partial charge in [-0.25, -0.2) is 9.37 Å². The first-order valence-corrected chi connectivity index (χ1v) is 5.09. The van der Waals surface area contributed by atoms with Gasteiger partial charge in [-0.2, -0.15) is 0 Å². The lowest BCUT2D eigenvalue weighted by molar-refractivity contribution is 0.478. The Balaban J connectivity index is 2.23. The molecular formula is C12H9ClFNO. The van der Waals surface area contributed by atoms with Gasteiger partial charge in [0.05, 0.1) is 0 Å². The van der Waals surface area contributed by atoms with Gasteiger partial charge in [-0.05, 0) is 43.3 Å². The smallest absolute Gasteiger partial charge is 0.171 e. The second-order valence-corrected chi connectivity index (χ2v) is 3.66. The molecule has 0 amide bonds. The molecule has 0 unspecified atom stereocenters. The van der Waals surface area contributed by atoms with Crippen LogP contribution in [0.2, 0.25) is 5.15 Å². The van der Waals surface area contributed by atoms with Crippen LogP contribution in [0.15, 0.2) is 36.4 Å². The van der Waals surface area contributed by atoms with Gasteiger partial charge in [0.25, 0.3) is 0 Å². The van der Waals surface area contributed by atoms with Gasteiger partial charge in [-0.3, -0.25) is 0 Å². The lowest BCUT2D eigenvalue weighted by Crippen LogP contribution is -1.89. The van der Waals surface area contributed by atoms with Crippen LogP contribution in [0.25, 0.3) is 0 Å². The van der Waals surface area contributed by atoms with Crippen LogP contribution in [0.1, 0.15) is 5.69 Å². The number of ether oxygens (including phenoxy) is 1. The number of aryl methyl sites for hydroxylation is 1. The topological polar surface area (TPSA) is 22.1 Å². The van der Waals surface area contributed by atoms with E-state index in [1.54, 1.807) is 12.1 Å². The van der Waals surface area contributed by atoms with Crippen molar-refractivity contribution in [3.63, 3.8) is 0 Å². The van der Waals surface area contributed by atoms with Gasteiger partial charge < -0.3 is 4.74 Å². The Kier molecular flexibility index (Phi) is 3.06. The number of hydrogen-bond acceptors (Lipinski definition) is 2. The average Bonchev–Trinajstić information content (AvgIpc) is 2.25. The summed E-state index contributed by atoms with van der Waals surface area (Å²) >= 11 is 5.90. The molecule has 0 saturated carbocycles. The van der Waals surface area contributed by atoms with Crippen LogP contribution in [0, 0.1) is 12.7 Å². The van der Waals surface area contributed by atoms with E-state index in [1.807, 2.05) is 6.92 Å². The summed E-state index contributed by atoms with van der Waals surface area (Å²) in [7, 11) is 0. The van der Waals surface area contributed by atoms with Crippen LogP contribution in [0.4, 0.5) is 4.39 Å². The Morgan fingerprint density at radius 2 is 1.81 bits per heavy atom. The van der Waals surface area contributed by atoms with E-state index in [-0.39, 0.29) is 5.82 Å². The molecule has 0 saturated heterocycles. The average molecular weight is 238 g/mol. The molecule has 4 heteroatoms. The summed E-state index contributed by atoms with van der Waals surface area (Å²) in [6.45, 7) is 1.84. The lowest BCUT2D eigenvalue weighted by Gasteiger charge is -2.06. The number of nitrogens with zero attached hydrogens (tertiary/aromatic N) is 1. The third kappa shape index (κ3) is 2.49. The molecule has 82 valence electrons. The molecule has 0 radical (unpaired) electrons. The summed E-state index contributed by atoms with van der Waals surface area (Å²) < 4.78 is 18.1. The highest BCUT2D eigenvalue weighted by Gasteiger charge is 2.04. The zero-order chi connectivity index (χ0) is 11.5. The minimum atomic E-state index is -0.305. The van der Waals surface area contributed by atoms with E-state index >= 15 is 0 Å². The van der Waals surface area contributed by atoms with Crippen molar-refractivity contribution in [1.82, 2.24) is 4.98 Å². The number of aromatic nitrogens is 1. The van der Waals surface area contributed by atoms with Gasteiger partial charge in [-0.15, -0.1) is 0 Å².